The van der Waals surface area contributed by atoms with E-state index in [1.807, 2.05) is 30.3 Å². The molecule has 1 heterocycles. The molecular weight excluding hydrogens is 352 g/mol. The molecule has 0 unspecified atom stereocenters. The summed E-state index contributed by atoms with van der Waals surface area (Å²) in [6, 6.07) is 11.2. The number of hydrogen-bond acceptors (Lipinski definition) is 4. The Hall–Kier alpha value is -2.15. The zero-order valence-corrected chi connectivity index (χ0v) is 15.5. The maximum absolute atomic E-state index is 12.5. The monoisotopic (exact) mass is 376 g/mol. The molecule has 1 aliphatic rings. The molecule has 1 fully saturated rings. The van der Waals surface area contributed by atoms with Gasteiger partial charge < -0.3 is 4.57 Å². The second-order valence-corrected chi connectivity index (χ2v) is 9.29. The van der Waals surface area contributed by atoms with Crippen LogP contribution in [0.1, 0.15) is 37.7 Å². The third kappa shape index (κ3) is 4.72. The molecule has 26 heavy (non-hydrogen) atoms. The van der Waals surface area contributed by atoms with E-state index in [4.69, 9.17) is 0 Å². The van der Waals surface area contributed by atoms with E-state index < -0.39 is 21.1 Å². The molecule has 140 valence electrons. The zero-order chi connectivity index (χ0) is 18.6. The van der Waals surface area contributed by atoms with Crippen molar-refractivity contribution in [1.29, 1.82) is 0 Å². The predicted octanol–water partition coefficient (Wildman–Crippen LogP) is 1.85. The Morgan fingerprint density at radius 1 is 1.00 bits per heavy atom. The lowest BCUT2D eigenvalue weighted by Crippen LogP contribution is -2.28. The van der Waals surface area contributed by atoms with Gasteiger partial charge >= 0.3 is 5.69 Å². The maximum atomic E-state index is 12.5. The fourth-order valence-electron chi connectivity index (χ4n) is 3.35. The van der Waals surface area contributed by atoms with Crippen molar-refractivity contribution in [3.05, 3.63) is 69.0 Å². The number of aromatic nitrogens is 2. The molecule has 2 aromatic rings. The van der Waals surface area contributed by atoms with Crippen LogP contribution in [0.2, 0.25) is 0 Å². The number of hydrogen-bond donors (Lipinski definition) is 1. The van der Waals surface area contributed by atoms with Crippen molar-refractivity contribution in [3.8, 4) is 0 Å². The Morgan fingerprint density at radius 2 is 1.73 bits per heavy atom. The minimum absolute atomic E-state index is 0.177. The van der Waals surface area contributed by atoms with E-state index in [1.54, 1.807) is 0 Å². The minimum Gasteiger partial charge on any atom is -0.301 e. The van der Waals surface area contributed by atoms with Crippen molar-refractivity contribution in [2.24, 2.45) is 0 Å². The average Bonchev–Trinajstić information content (AvgIpc) is 3.37. The molecule has 7 heteroatoms. The first-order valence-corrected chi connectivity index (χ1v) is 10.8. The standard InChI is InChI=1S/C19H24N2O4S/c22-17-9-13-21(18(23)20-17)12-5-2-6-14-26(24,25)15-19(10-11-19)16-7-3-1-4-8-16/h1,3-4,7-9,13H,2,5-6,10-12,14-15H2,(H,20,22,23). The Bertz CT molecular complexity index is 957. The average molecular weight is 376 g/mol. The topological polar surface area (TPSA) is 89.0 Å². The van der Waals surface area contributed by atoms with Gasteiger partial charge in [-0.25, -0.2) is 13.2 Å². The van der Waals surface area contributed by atoms with Gasteiger partial charge in [-0.1, -0.05) is 36.8 Å². The third-order valence-electron chi connectivity index (χ3n) is 4.99. The van der Waals surface area contributed by atoms with Crippen molar-refractivity contribution in [2.45, 2.75) is 44.1 Å². The Kier molecular flexibility index (Phi) is 5.46. The van der Waals surface area contributed by atoms with Crippen molar-refractivity contribution in [3.63, 3.8) is 0 Å². The lowest BCUT2D eigenvalue weighted by Gasteiger charge is -2.16. The largest absolute Gasteiger partial charge is 0.328 e. The van der Waals surface area contributed by atoms with Gasteiger partial charge in [-0.15, -0.1) is 0 Å². The van der Waals surface area contributed by atoms with E-state index in [-0.39, 0.29) is 16.9 Å². The molecule has 0 saturated heterocycles. The summed E-state index contributed by atoms with van der Waals surface area (Å²) in [6.07, 6.45) is 5.35. The zero-order valence-electron chi connectivity index (χ0n) is 14.7. The number of aryl methyl sites for hydroxylation is 1. The highest BCUT2D eigenvalue weighted by atomic mass is 32.2. The quantitative estimate of drug-likeness (QED) is 0.677. The Labute approximate surface area is 152 Å². The molecule has 1 aromatic carbocycles. The number of aromatic amines is 1. The highest BCUT2D eigenvalue weighted by molar-refractivity contribution is 7.91. The van der Waals surface area contributed by atoms with Crippen LogP contribution in [0.5, 0.6) is 0 Å². The van der Waals surface area contributed by atoms with Gasteiger partial charge in [-0.05, 0) is 31.2 Å². The Morgan fingerprint density at radius 3 is 2.38 bits per heavy atom. The smallest absolute Gasteiger partial charge is 0.301 e. The first-order valence-electron chi connectivity index (χ1n) is 8.96. The molecule has 1 N–H and O–H groups in total. The number of H-pyrrole nitrogens is 1. The van der Waals surface area contributed by atoms with Gasteiger partial charge in [0.15, 0.2) is 9.84 Å². The van der Waals surface area contributed by atoms with Gasteiger partial charge in [0.25, 0.3) is 5.56 Å². The van der Waals surface area contributed by atoms with Crippen LogP contribution in [0.3, 0.4) is 0 Å². The van der Waals surface area contributed by atoms with Crippen molar-refractivity contribution in [2.75, 3.05) is 11.5 Å². The summed E-state index contributed by atoms with van der Waals surface area (Å²) in [5, 5.41) is 0. The summed E-state index contributed by atoms with van der Waals surface area (Å²) >= 11 is 0. The van der Waals surface area contributed by atoms with Crippen LogP contribution in [-0.2, 0) is 21.8 Å². The summed E-state index contributed by atoms with van der Waals surface area (Å²) in [5.74, 6) is 0.408. The molecule has 6 nitrogen and oxygen atoms in total. The van der Waals surface area contributed by atoms with E-state index >= 15 is 0 Å². The highest BCUT2D eigenvalue weighted by Gasteiger charge is 2.47. The van der Waals surface area contributed by atoms with Crippen molar-refractivity contribution < 1.29 is 8.42 Å². The van der Waals surface area contributed by atoms with Crippen LogP contribution >= 0.6 is 0 Å². The number of rotatable bonds is 9. The van der Waals surface area contributed by atoms with Crippen LogP contribution < -0.4 is 11.2 Å². The Balaban J connectivity index is 1.46. The highest BCUT2D eigenvalue weighted by Crippen LogP contribution is 2.49. The predicted molar refractivity (Wildman–Crippen MR) is 101 cm³/mol. The van der Waals surface area contributed by atoms with Crippen LogP contribution in [0.15, 0.2) is 52.2 Å². The molecule has 1 saturated carbocycles. The third-order valence-corrected chi connectivity index (χ3v) is 6.89. The SMILES string of the molecule is O=c1ccn(CCCCCS(=O)(=O)CC2(c3ccccc3)CC2)c(=O)[nH]1. The molecule has 0 spiro atoms. The summed E-state index contributed by atoms with van der Waals surface area (Å²) in [7, 11) is -3.10. The van der Waals surface area contributed by atoms with Gasteiger partial charge in [-0.2, -0.15) is 0 Å². The van der Waals surface area contributed by atoms with Gasteiger partial charge in [0, 0.05) is 24.2 Å². The lowest BCUT2D eigenvalue weighted by molar-refractivity contribution is 0.560. The summed E-state index contributed by atoms with van der Waals surface area (Å²) in [4.78, 5) is 24.8. The lowest BCUT2D eigenvalue weighted by atomic mass is 9.99. The fraction of sp³-hybridized carbons (Fsp3) is 0.474. The number of sulfone groups is 1. The van der Waals surface area contributed by atoms with E-state index in [0.29, 0.717) is 19.4 Å². The first kappa shape index (κ1) is 18.6. The molecule has 0 radical (unpaired) electrons. The first-order chi connectivity index (χ1) is 12.4. The van der Waals surface area contributed by atoms with Crippen LogP contribution in [-0.4, -0.2) is 29.5 Å². The van der Waals surface area contributed by atoms with Crippen molar-refractivity contribution in [1.82, 2.24) is 9.55 Å². The normalized spacial score (nSPS) is 15.7. The summed E-state index contributed by atoms with van der Waals surface area (Å²) < 4.78 is 26.4. The maximum Gasteiger partial charge on any atom is 0.328 e. The number of unbranched alkanes of at least 4 members (excludes halogenated alkanes) is 2. The second-order valence-electron chi connectivity index (χ2n) is 7.10. The molecule has 0 aliphatic heterocycles. The van der Waals surface area contributed by atoms with Gasteiger partial charge in [0.2, 0.25) is 0 Å². The van der Waals surface area contributed by atoms with Gasteiger partial charge in [-0.3, -0.25) is 9.78 Å². The van der Waals surface area contributed by atoms with Crippen LogP contribution in [0.25, 0.3) is 0 Å². The van der Waals surface area contributed by atoms with Crippen LogP contribution in [0.4, 0.5) is 0 Å². The molecule has 0 atom stereocenters. The molecule has 1 aromatic heterocycles. The fourth-order valence-corrected chi connectivity index (χ4v) is 5.44. The number of benzene rings is 1. The number of nitrogens with zero attached hydrogens (tertiary/aromatic N) is 1. The molecule has 3 rings (SSSR count). The summed E-state index contributed by atoms with van der Waals surface area (Å²) in [6.45, 7) is 0.476. The molecule has 0 bridgehead atoms. The van der Waals surface area contributed by atoms with E-state index in [9.17, 15) is 18.0 Å². The molecule has 1 aliphatic carbocycles. The van der Waals surface area contributed by atoms with E-state index in [0.717, 1.165) is 24.8 Å². The van der Waals surface area contributed by atoms with E-state index in [2.05, 4.69) is 4.98 Å². The van der Waals surface area contributed by atoms with Crippen molar-refractivity contribution >= 4 is 9.84 Å². The van der Waals surface area contributed by atoms with Gasteiger partial charge in [0.05, 0.1) is 11.5 Å². The van der Waals surface area contributed by atoms with Crippen LogP contribution in [0, 0.1) is 0 Å². The minimum atomic E-state index is -3.10. The van der Waals surface area contributed by atoms with Gasteiger partial charge in [0.1, 0.15) is 0 Å². The second kappa shape index (κ2) is 7.61. The van der Waals surface area contributed by atoms with E-state index in [1.165, 1.54) is 16.8 Å². The summed E-state index contributed by atoms with van der Waals surface area (Å²) in [5.41, 5.74) is 0.109. The molecular formula is C19H24N2O4S. The molecule has 0 amide bonds. The number of nitrogens with one attached hydrogen (secondary N) is 1.